The Kier molecular flexibility index (Phi) is 11.1. The number of amides is 2. The van der Waals surface area contributed by atoms with Crippen LogP contribution >= 0.6 is 0 Å². The van der Waals surface area contributed by atoms with Crippen LogP contribution in [0.1, 0.15) is 153 Å². The van der Waals surface area contributed by atoms with Gasteiger partial charge >= 0.3 is 12.1 Å². The summed E-state index contributed by atoms with van der Waals surface area (Å²) in [5.41, 5.74) is 1.38. The van der Waals surface area contributed by atoms with Gasteiger partial charge in [0.2, 0.25) is 5.91 Å². The number of ether oxygens (including phenoxy) is 3. The number of likely N-dealkylation sites (tertiary alicyclic amines) is 1. The number of fused-ring (bicyclic) bond motifs is 7. The van der Waals surface area contributed by atoms with E-state index in [4.69, 9.17) is 14.2 Å². The van der Waals surface area contributed by atoms with Crippen LogP contribution in [0, 0.1) is 62.6 Å². The van der Waals surface area contributed by atoms with Gasteiger partial charge in [-0.3, -0.25) is 9.59 Å². The van der Waals surface area contributed by atoms with E-state index in [2.05, 4.69) is 53.4 Å². The summed E-state index contributed by atoms with van der Waals surface area (Å²) < 4.78 is 17.6. The summed E-state index contributed by atoms with van der Waals surface area (Å²) in [6.07, 6.45) is 12.6. The third-order valence-electron chi connectivity index (χ3n) is 17.6. The number of hydrogen-bond donors (Lipinski definition) is 1. The Balaban J connectivity index is 1.19. The highest BCUT2D eigenvalue weighted by atomic mass is 16.6. The predicted molar refractivity (Wildman–Crippen MR) is 213 cm³/mol. The van der Waals surface area contributed by atoms with Crippen molar-refractivity contribution in [2.45, 2.75) is 177 Å². The first-order valence-electron chi connectivity index (χ1n) is 21.7. The minimum absolute atomic E-state index is 0.0244. The topological polar surface area (TPSA) is 94.2 Å². The second kappa shape index (κ2) is 14.4. The molecule has 0 aromatic carbocycles. The number of nitrogens with zero attached hydrogens (tertiary/aromatic N) is 1. The number of methoxy groups -OCH3 is 1. The summed E-state index contributed by atoms with van der Waals surface area (Å²) in [5, 5.41) is 3.58. The highest BCUT2D eigenvalue weighted by Gasteiger charge is 2.71. The average molecular weight is 753 g/mol. The second-order valence-corrected chi connectivity index (χ2v) is 21.6. The van der Waals surface area contributed by atoms with Crippen molar-refractivity contribution in [3.05, 3.63) is 12.2 Å². The second-order valence-electron chi connectivity index (χ2n) is 21.6. The molecule has 0 spiro atoms. The van der Waals surface area contributed by atoms with Gasteiger partial charge in [0, 0.05) is 32.0 Å². The molecule has 1 aliphatic heterocycles. The molecule has 6 aliphatic rings. The highest BCUT2D eigenvalue weighted by molar-refractivity contribution is 5.79. The van der Waals surface area contributed by atoms with Crippen LogP contribution in [0.15, 0.2) is 12.2 Å². The third-order valence-corrected chi connectivity index (χ3v) is 17.6. The zero-order valence-electron chi connectivity index (χ0n) is 36.2. The van der Waals surface area contributed by atoms with Crippen LogP contribution in [0.4, 0.5) is 4.79 Å². The standard InChI is InChI=1S/C46H76N2O6/c1-28(2)31-18-23-46(27-53-30(4)49)25-24-44(11)32(37(31)46)16-17-35-43(10)21-20-36(42(8,9)34(43)19-22-45(35,44)12)47-39(50)29(3)38(52-13)33-15-14-26-48(33)40(51)54-41(5,6)7/h29,31-38H,1,14-27H2,2-13H3,(H,47,50)/t29-,31+,32?,33?,34+,35?,36+,37-,38-,43+,44-,45-,46-/m1/s1. The fourth-order valence-corrected chi connectivity index (χ4v) is 14.9. The molecule has 1 heterocycles. The van der Waals surface area contributed by atoms with Crippen LogP contribution in [0.2, 0.25) is 0 Å². The Labute approximate surface area is 328 Å². The van der Waals surface area contributed by atoms with Crippen molar-refractivity contribution in [3.63, 3.8) is 0 Å². The maximum absolute atomic E-state index is 14.2. The Morgan fingerprint density at radius 3 is 2.20 bits per heavy atom. The smallest absolute Gasteiger partial charge is 0.410 e. The summed E-state index contributed by atoms with van der Waals surface area (Å²) >= 11 is 0. The molecule has 3 unspecified atom stereocenters. The van der Waals surface area contributed by atoms with Crippen molar-refractivity contribution in [1.29, 1.82) is 0 Å². The van der Waals surface area contributed by atoms with Crippen molar-refractivity contribution in [2.75, 3.05) is 20.3 Å². The van der Waals surface area contributed by atoms with Crippen LogP contribution in [-0.4, -0.2) is 66.9 Å². The molecule has 1 saturated heterocycles. The van der Waals surface area contributed by atoms with Gasteiger partial charge in [-0.2, -0.15) is 0 Å². The molecule has 0 bridgehead atoms. The molecule has 8 heteroatoms. The number of rotatable bonds is 8. The van der Waals surface area contributed by atoms with Crippen LogP contribution in [-0.2, 0) is 23.8 Å². The lowest BCUT2D eigenvalue weighted by molar-refractivity contribution is -0.242. The first kappa shape index (κ1) is 41.5. The molecule has 6 fully saturated rings. The number of carbonyl (C=O) groups excluding carboxylic acids is 3. The molecular weight excluding hydrogens is 677 g/mol. The van der Waals surface area contributed by atoms with Crippen LogP contribution in [0.3, 0.4) is 0 Å². The Bertz CT molecular complexity index is 1470. The molecule has 2 amide bonds. The quantitative estimate of drug-likeness (QED) is 0.196. The van der Waals surface area contributed by atoms with E-state index < -0.39 is 17.6 Å². The lowest BCUT2D eigenvalue weighted by Gasteiger charge is -2.73. The van der Waals surface area contributed by atoms with Gasteiger partial charge < -0.3 is 24.4 Å². The molecule has 13 atom stereocenters. The van der Waals surface area contributed by atoms with Gasteiger partial charge in [-0.05, 0) is 156 Å². The van der Waals surface area contributed by atoms with Gasteiger partial charge in [-0.15, -0.1) is 0 Å². The first-order chi connectivity index (χ1) is 25.1. The largest absolute Gasteiger partial charge is 0.465 e. The molecule has 5 aliphatic carbocycles. The molecule has 1 N–H and O–H groups in total. The van der Waals surface area contributed by atoms with E-state index in [0.717, 1.165) is 38.5 Å². The maximum Gasteiger partial charge on any atom is 0.410 e. The molecule has 5 saturated carbocycles. The maximum atomic E-state index is 14.2. The summed E-state index contributed by atoms with van der Waals surface area (Å²) in [6, 6.07) is -0.112. The lowest BCUT2D eigenvalue weighted by Crippen LogP contribution is -2.68. The van der Waals surface area contributed by atoms with Gasteiger partial charge in [0.15, 0.2) is 0 Å². The van der Waals surface area contributed by atoms with Gasteiger partial charge in [-0.1, -0.05) is 53.7 Å². The zero-order valence-corrected chi connectivity index (χ0v) is 36.2. The van der Waals surface area contributed by atoms with E-state index in [9.17, 15) is 14.4 Å². The van der Waals surface area contributed by atoms with Gasteiger partial charge in [-0.25, -0.2) is 4.79 Å². The zero-order chi connectivity index (χ0) is 39.8. The van der Waals surface area contributed by atoms with Crippen LogP contribution in [0.5, 0.6) is 0 Å². The van der Waals surface area contributed by atoms with Crippen LogP contribution < -0.4 is 5.32 Å². The first-order valence-corrected chi connectivity index (χ1v) is 21.7. The number of allylic oxidation sites excluding steroid dienone is 1. The SMILES string of the molecule is C=C(C)[C@@H]1CC[C@]2(COC(C)=O)CC[C@]3(C)C(CCC4[C@@]5(C)CC[C@H](NC(=O)[C@H](C)[C@@H](OC)C6CCCN6C(=O)OC(C)(C)C)C(C)(C)[C@@H]5CC[C@]43C)[C@@H]12. The Morgan fingerprint density at radius 2 is 1.57 bits per heavy atom. The minimum Gasteiger partial charge on any atom is -0.465 e. The summed E-state index contributed by atoms with van der Waals surface area (Å²) in [6.45, 7) is 29.9. The molecule has 6 rings (SSSR count). The van der Waals surface area contributed by atoms with Crippen molar-refractivity contribution in [3.8, 4) is 0 Å². The van der Waals surface area contributed by atoms with Gasteiger partial charge in [0.25, 0.3) is 0 Å². The van der Waals surface area contributed by atoms with E-state index in [1.165, 1.54) is 44.1 Å². The van der Waals surface area contributed by atoms with Crippen molar-refractivity contribution >= 4 is 18.0 Å². The average Bonchev–Trinajstić information content (AvgIpc) is 3.71. The van der Waals surface area contributed by atoms with E-state index in [-0.39, 0.29) is 57.1 Å². The molecule has 306 valence electrons. The predicted octanol–water partition coefficient (Wildman–Crippen LogP) is 9.74. The van der Waals surface area contributed by atoms with E-state index in [1.54, 1.807) is 18.9 Å². The fraction of sp³-hybridized carbons (Fsp3) is 0.891. The van der Waals surface area contributed by atoms with Gasteiger partial charge in [0.05, 0.1) is 24.7 Å². The summed E-state index contributed by atoms with van der Waals surface area (Å²) in [4.78, 5) is 41.2. The number of hydrogen-bond acceptors (Lipinski definition) is 6. The molecule has 54 heavy (non-hydrogen) atoms. The number of esters is 1. The minimum atomic E-state index is -0.581. The summed E-state index contributed by atoms with van der Waals surface area (Å²) in [7, 11) is 1.67. The number of nitrogens with one attached hydrogen (secondary N) is 1. The van der Waals surface area contributed by atoms with E-state index in [1.807, 2.05) is 27.7 Å². The third kappa shape index (κ3) is 6.66. The Hall–Kier alpha value is -2.09. The van der Waals surface area contributed by atoms with E-state index >= 15 is 0 Å². The monoisotopic (exact) mass is 753 g/mol. The molecule has 0 aromatic heterocycles. The van der Waals surface area contributed by atoms with E-state index in [0.29, 0.717) is 42.7 Å². The van der Waals surface area contributed by atoms with Gasteiger partial charge in [0.1, 0.15) is 5.60 Å². The van der Waals surface area contributed by atoms with Crippen molar-refractivity contribution in [2.24, 2.45) is 62.6 Å². The normalized spacial score (nSPS) is 42.4. The fourth-order valence-electron chi connectivity index (χ4n) is 14.9. The lowest BCUT2D eigenvalue weighted by atomic mass is 9.32. The Morgan fingerprint density at radius 1 is 0.870 bits per heavy atom. The van der Waals surface area contributed by atoms with Crippen molar-refractivity contribution in [1.82, 2.24) is 10.2 Å². The molecule has 0 aromatic rings. The molecular formula is C46H76N2O6. The number of carbonyl (C=O) groups is 3. The molecule has 0 radical (unpaired) electrons. The van der Waals surface area contributed by atoms with Crippen molar-refractivity contribution < 1.29 is 28.6 Å². The summed E-state index contributed by atoms with van der Waals surface area (Å²) in [5.74, 6) is 2.24. The van der Waals surface area contributed by atoms with Crippen LogP contribution in [0.25, 0.3) is 0 Å². The molecule has 8 nitrogen and oxygen atoms in total. The highest BCUT2D eigenvalue weighted by Crippen LogP contribution is 2.77.